The number of hydrogen-bond donors (Lipinski definition) is 0. The van der Waals surface area contributed by atoms with E-state index in [2.05, 4.69) is 90.6 Å². The van der Waals surface area contributed by atoms with Crippen molar-refractivity contribution in [1.29, 1.82) is 0 Å². The first-order valence-corrected chi connectivity index (χ1v) is 11.3. The van der Waals surface area contributed by atoms with Gasteiger partial charge in [-0.2, -0.15) is 0 Å². The van der Waals surface area contributed by atoms with Crippen molar-refractivity contribution in [3.8, 4) is 0 Å². The van der Waals surface area contributed by atoms with E-state index in [1.54, 1.807) is 8.70 Å². The molecule has 0 amide bonds. The van der Waals surface area contributed by atoms with Crippen LogP contribution in [0.25, 0.3) is 21.5 Å². The molecule has 0 bridgehead atoms. The summed E-state index contributed by atoms with van der Waals surface area (Å²) in [4.78, 5) is 0. The monoisotopic (exact) mass is 344 g/mol. The summed E-state index contributed by atoms with van der Waals surface area (Å²) >= 11 is -1.30. The minimum atomic E-state index is -1.30. The van der Waals surface area contributed by atoms with Crippen LogP contribution in [-0.4, -0.2) is 14.7 Å². The van der Waals surface area contributed by atoms with E-state index in [0.29, 0.717) is 0 Å². The fraction of sp³-hybridized carbons (Fsp3) is 0.0476. The third kappa shape index (κ3) is 2.25. The molecule has 4 aromatic carbocycles. The molecule has 0 nitrogen and oxygen atoms in total. The van der Waals surface area contributed by atoms with Gasteiger partial charge in [0, 0.05) is 0 Å². The Labute approximate surface area is 135 Å². The van der Waals surface area contributed by atoms with Crippen LogP contribution in [0.2, 0.25) is 5.71 Å². The number of rotatable bonds is 2. The minimum absolute atomic E-state index is 1.30. The van der Waals surface area contributed by atoms with Crippen molar-refractivity contribution in [2.24, 2.45) is 0 Å². The number of benzene rings is 4. The quantitative estimate of drug-likeness (QED) is 0.478. The Balaban J connectivity index is 1.94. The third-order valence-corrected chi connectivity index (χ3v) is 8.92. The predicted octanol–water partition coefficient (Wildman–Crippen LogP) is 4.23. The van der Waals surface area contributed by atoms with E-state index in [1.807, 2.05) is 0 Å². The molecule has 0 unspecified atom stereocenters. The van der Waals surface area contributed by atoms with E-state index in [0.717, 1.165) is 0 Å². The summed E-state index contributed by atoms with van der Waals surface area (Å²) in [6, 6.07) is 31.0. The van der Waals surface area contributed by atoms with Gasteiger partial charge >= 0.3 is 136 Å². The molecule has 0 aromatic heterocycles. The van der Waals surface area contributed by atoms with E-state index in [4.69, 9.17) is 0 Å². The molecule has 1 heteroatoms. The summed E-state index contributed by atoms with van der Waals surface area (Å²) in [6.45, 7) is 0. The molecule has 0 aliphatic heterocycles. The summed E-state index contributed by atoms with van der Waals surface area (Å²) in [5.41, 5.74) is 2.45. The van der Waals surface area contributed by atoms with E-state index in [-0.39, 0.29) is 0 Å². The zero-order chi connectivity index (χ0) is 14.9. The van der Waals surface area contributed by atoms with Crippen molar-refractivity contribution in [2.75, 3.05) is 0 Å². The van der Waals surface area contributed by atoms with Crippen LogP contribution in [0.15, 0.2) is 84.9 Å². The number of hydrogen-bond acceptors (Lipinski definition) is 0. The van der Waals surface area contributed by atoms with Crippen LogP contribution in [0.5, 0.6) is 0 Å². The normalized spacial score (nSPS) is 11.4. The van der Waals surface area contributed by atoms with Gasteiger partial charge in [-0.1, -0.05) is 0 Å². The van der Waals surface area contributed by atoms with E-state index >= 15 is 0 Å². The standard InChI is InChI=1S/C21H17As/c1-22(20-14-6-10-16-8-2-4-12-18(16)20)21-15-7-11-17-9-3-5-13-19(17)21/h2-15H,1H3. The van der Waals surface area contributed by atoms with Crippen molar-refractivity contribution in [3.05, 3.63) is 84.9 Å². The van der Waals surface area contributed by atoms with Gasteiger partial charge in [0.2, 0.25) is 0 Å². The maximum absolute atomic E-state index is 2.45. The van der Waals surface area contributed by atoms with E-state index in [1.165, 1.54) is 21.5 Å². The van der Waals surface area contributed by atoms with Gasteiger partial charge in [0.25, 0.3) is 0 Å². The second-order valence-electron chi connectivity index (χ2n) is 5.56. The zero-order valence-corrected chi connectivity index (χ0v) is 14.4. The second-order valence-corrected chi connectivity index (χ2v) is 9.92. The zero-order valence-electron chi connectivity index (χ0n) is 12.5. The van der Waals surface area contributed by atoms with Crippen LogP contribution in [0, 0.1) is 0 Å². The van der Waals surface area contributed by atoms with Crippen LogP contribution in [0.3, 0.4) is 0 Å². The SMILES string of the molecule is C[As](c1cccc2ccccc12)c1cccc2ccccc12. The van der Waals surface area contributed by atoms with Gasteiger partial charge < -0.3 is 0 Å². The Morgan fingerprint density at radius 1 is 0.500 bits per heavy atom. The third-order valence-electron chi connectivity index (χ3n) is 4.26. The van der Waals surface area contributed by atoms with Gasteiger partial charge in [0.1, 0.15) is 0 Å². The van der Waals surface area contributed by atoms with Crippen molar-refractivity contribution in [3.63, 3.8) is 0 Å². The van der Waals surface area contributed by atoms with Gasteiger partial charge in [-0.25, -0.2) is 0 Å². The molecule has 0 saturated heterocycles. The van der Waals surface area contributed by atoms with E-state index < -0.39 is 14.7 Å². The predicted molar refractivity (Wildman–Crippen MR) is 98.8 cm³/mol. The second kappa shape index (κ2) is 5.63. The molecule has 0 N–H and O–H groups in total. The Bertz CT molecular complexity index is 866. The maximum atomic E-state index is 2.45. The molecule has 106 valence electrons. The number of fused-ring (bicyclic) bond motifs is 2. The molecule has 4 rings (SSSR count). The van der Waals surface area contributed by atoms with Crippen molar-refractivity contribution < 1.29 is 0 Å². The summed E-state index contributed by atoms with van der Waals surface area (Å²) < 4.78 is 3.09. The Morgan fingerprint density at radius 3 is 1.41 bits per heavy atom. The summed E-state index contributed by atoms with van der Waals surface area (Å²) in [5.74, 6) is 0. The molecular formula is C21H17As. The molecule has 0 radical (unpaired) electrons. The molecule has 0 fully saturated rings. The first-order chi connectivity index (χ1) is 10.8. The summed E-state index contributed by atoms with van der Waals surface area (Å²) in [7, 11) is 0. The molecule has 4 aromatic rings. The fourth-order valence-electron chi connectivity index (χ4n) is 3.13. The van der Waals surface area contributed by atoms with Crippen LogP contribution in [0.1, 0.15) is 0 Å². The summed E-state index contributed by atoms with van der Waals surface area (Å²) in [6.07, 6.45) is 0. The van der Waals surface area contributed by atoms with Crippen LogP contribution in [0.4, 0.5) is 0 Å². The molecule has 22 heavy (non-hydrogen) atoms. The molecule has 0 atom stereocenters. The van der Waals surface area contributed by atoms with Crippen LogP contribution < -0.4 is 8.70 Å². The van der Waals surface area contributed by atoms with Gasteiger partial charge in [0.15, 0.2) is 0 Å². The Morgan fingerprint density at radius 2 is 0.909 bits per heavy atom. The molecule has 0 saturated carbocycles. The average molecular weight is 344 g/mol. The van der Waals surface area contributed by atoms with Gasteiger partial charge in [-0.05, 0) is 0 Å². The van der Waals surface area contributed by atoms with Gasteiger partial charge in [-0.15, -0.1) is 0 Å². The van der Waals surface area contributed by atoms with Crippen LogP contribution in [-0.2, 0) is 0 Å². The van der Waals surface area contributed by atoms with Crippen molar-refractivity contribution in [1.82, 2.24) is 0 Å². The fourth-order valence-corrected chi connectivity index (χ4v) is 7.35. The van der Waals surface area contributed by atoms with Crippen molar-refractivity contribution in [2.45, 2.75) is 5.71 Å². The van der Waals surface area contributed by atoms with Crippen molar-refractivity contribution >= 4 is 44.9 Å². The Hall–Kier alpha value is -2.04. The average Bonchev–Trinajstić information content (AvgIpc) is 2.60. The Kier molecular flexibility index (Phi) is 3.48. The first kappa shape index (κ1) is 13.6. The van der Waals surface area contributed by atoms with Crippen LogP contribution >= 0.6 is 0 Å². The van der Waals surface area contributed by atoms with Gasteiger partial charge in [-0.3, -0.25) is 0 Å². The summed E-state index contributed by atoms with van der Waals surface area (Å²) in [5, 5.41) is 5.53. The first-order valence-electron chi connectivity index (χ1n) is 7.54. The molecule has 0 aliphatic rings. The molecular weight excluding hydrogens is 327 g/mol. The molecule has 0 spiro atoms. The topological polar surface area (TPSA) is 0 Å². The molecule has 0 heterocycles. The van der Waals surface area contributed by atoms with E-state index in [9.17, 15) is 0 Å². The van der Waals surface area contributed by atoms with Gasteiger partial charge in [0.05, 0.1) is 0 Å². The molecule has 0 aliphatic carbocycles.